The summed E-state index contributed by atoms with van der Waals surface area (Å²) in [7, 11) is 0. The van der Waals surface area contributed by atoms with E-state index >= 15 is 0 Å². The van der Waals surface area contributed by atoms with Gasteiger partial charge in [-0.3, -0.25) is 14.9 Å². The molecule has 0 radical (unpaired) electrons. The Labute approximate surface area is 118 Å². The summed E-state index contributed by atoms with van der Waals surface area (Å²) in [4.78, 5) is 33.1. The van der Waals surface area contributed by atoms with Crippen LogP contribution in [-0.2, 0) is 4.79 Å². The summed E-state index contributed by atoms with van der Waals surface area (Å²) in [5.41, 5.74) is -2.41. The normalized spacial score (nSPS) is 16.9. The zero-order chi connectivity index (χ0) is 15.8. The van der Waals surface area contributed by atoms with E-state index in [0.717, 1.165) is 18.2 Å². The molecule has 1 saturated carbocycles. The molecule has 1 atom stereocenters. The van der Waals surface area contributed by atoms with Crippen LogP contribution in [0.15, 0.2) is 18.2 Å². The molecule has 2 N–H and O–H groups in total. The zero-order valence-corrected chi connectivity index (χ0v) is 11.1. The minimum atomic E-state index is -1.43. The Balaban J connectivity index is 2.26. The average molecular weight is 296 g/mol. The van der Waals surface area contributed by atoms with Gasteiger partial charge in [-0.2, -0.15) is 4.39 Å². The maximum absolute atomic E-state index is 13.2. The van der Waals surface area contributed by atoms with Crippen LogP contribution in [0.4, 0.5) is 10.1 Å². The van der Waals surface area contributed by atoms with E-state index in [-0.39, 0.29) is 11.5 Å². The molecular formula is C13H13FN2O5. The van der Waals surface area contributed by atoms with Gasteiger partial charge in [0.2, 0.25) is 5.82 Å². The highest BCUT2D eigenvalue weighted by molar-refractivity contribution is 5.98. The molecule has 0 aromatic heterocycles. The molecule has 7 nitrogen and oxygen atoms in total. The Kier molecular flexibility index (Phi) is 3.63. The van der Waals surface area contributed by atoms with E-state index in [1.54, 1.807) is 0 Å². The number of carbonyl (C=O) groups is 2. The average Bonchev–Trinajstić information content (AvgIpc) is 3.22. The second-order valence-corrected chi connectivity index (χ2v) is 5.16. The summed E-state index contributed by atoms with van der Waals surface area (Å²) in [6.07, 6.45) is 1.37. The van der Waals surface area contributed by atoms with Crippen molar-refractivity contribution in [2.24, 2.45) is 5.92 Å². The molecule has 0 spiro atoms. The fourth-order valence-corrected chi connectivity index (χ4v) is 2.09. The molecule has 0 bridgehead atoms. The second kappa shape index (κ2) is 5.12. The standard InChI is InChI=1S/C13H13FN2O5/c1-13(12(18)19,8-3-4-8)15-11(17)7-2-5-9(14)10(6-7)16(20)21/h2,5-6,8H,3-4H2,1H3,(H,15,17)(H,18,19). The number of nitrogens with zero attached hydrogens (tertiary/aromatic N) is 1. The van der Waals surface area contributed by atoms with Gasteiger partial charge in [0.15, 0.2) is 0 Å². The van der Waals surface area contributed by atoms with Gasteiger partial charge in [0.1, 0.15) is 5.54 Å². The topological polar surface area (TPSA) is 110 Å². The van der Waals surface area contributed by atoms with E-state index in [2.05, 4.69) is 5.32 Å². The fourth-order valence-electron chi connectivity index (χ4n) is 2.09. The summed E-state index contributed by atoms with van der Waals surface area (Å²) in [6, 6.07) is 2.68. The quantitative estimate of drug-likeness (QED) is 0.635. The highest BCUT2D eigenvalue weighted by Gasteiger charge is 2.48. The molecule has 1 unspecified atom stereocenters. The minimum absolute atomic E-state index is 0.156. The van der Waals surface area contributed by atoms with Crippen LogP contribution < -0.4 is 5.32 Å². The number of nitrogens with one attached hydrogen (secondary N) is 1. The highest BCUT2D eigenvalue weighted by atomic mass is 19.1. The first-order valence-electron chi connectivity index (χ1n) is 6.25. The van der Waals surface area contributed by atoms with Crippen molar-refractivity contribution in [1.29, 1.82) is 0 Å². The number of aliphatic carboxylic acids is 1. The summed E-state index contributed by atoms with van der Waals surface area (Å²) >= 11 is 0. The third kappa shape index (κ3) is 2.83. The van der Waals surface area contributed by atoms with E-state index < -0.39 is 33.8 Å². The van der Waals surface area contributed by atoms with Crippen molar-refractivity contribution in [3.8, 4) is 0 Å². The van der Waals surface area contributed by atoms with Crippen LogP contribution in [-0.4, -0.2) is 27.4 Å². The first-order chi connectivity index (χ1) is 9.75. The zero-order valence-electron chi connectivity index (χ0n) is 11.1. The van der Waals surface area contributed by atoms with Crippen LogP contribution >= 0.6 is 0 Å². The van der Waals surface area contributed by atoms with Crippen LogP contribution in [0.5, 0.6) is 0 Å². The number of carboxylic acid groups (broad SMARTS) is 1. The molecule has 112 valence electrons. The van der Waals surface area contributed by atoms with Gasteiger partial charge < -0.3 is 10.4 Å². The summed E-state index contributed by atoms with van der Waals surface area (Å²) in [6.45, 7) is 1.39. The molecule has 1 fully saturated rings. The summed E-state index contributed by atoms with van der Waals surface area (Å²) < 4.78 is 13.2. The van der Waals surface area contributed by atoms with E-state index in [4.69, 9.17) is 0 Å². The first-order valence-corrected chi connectivity index (χ1v) is 6.25. The van der Waals surface area contributed by atoms with E-state index in [1.165, 1.54) is 6.92 Å². The SMILES string of the molecule is CC(NC(=O)c1ccc(F)c([N+](=O)[O-])c1)(C(=O)O)C1CC1. The van der Waals surface area contributed by atoms with Crippen molar-refractivity contribution < 1.29 is 24.0 Å². The van der Waals surface area contributed by atoms with Crippen molar-refractivity contribution in [2.45, 2.75) is 25.3 Å². The van der Waals surface area contributed by atoms with E-state index in [9.17, 15) is 29.2 Å². The Morgan fingerprint density at radius 2 is 2.10 bits per heavy atom. The first kappa shape index (κ1) is 14.9. The van der Waals surface area contributed by atoms with Crippen molar-refractivity contribution in [3.63, 3.8) is 0 Å². The van der Waals surface area contributed by atoms with Gasteiger partial charge in [0, 0.05) is 11.6 Å². The van der Waals surface area contributed by atoms with Crippen molar-refractivity contribution in [2.75, 3.05) is 0 Å². The molecule has 1 aromatic rings. The predicted octanol–water partition coefficient (Wildman–Crippen LogP) is 1.72. The number of carbonyl (C=O) groups excluding carboxylic acids is 1. The van der Waals surface area contributed by atoms with Gasteiger partial charge in [0.05, 0.1) is 4.92 Å². The predicted molar refractivity (Wildman–Crippen MR) is 69.3 cm³/mol. The number of amides is 1. The van der Waals surface area contributed by atoms with Gasteiger partial charge >= 0.3 is 11.7 Å². The molecule has 0 saturated heterocycles. The number of carboxylic acids is 1. The van der Waals surface area contributed by atoms with Gasteiger partial charge in [-0.25, -0.2) is 4.79 Å². The number of nitro groups is 1. The highest BCUT2D eigenvalue weighted by Crippen LogP contribution is 2.39. The number of hydrogen-bond acceptors (Lipinski definition) is 4. The van der Waals surface area contributed by atoms with Crippen LogP contribution in [0.3, 0.4) is 0 Å². The Bertz CT molecular complexity index is 629. The smallest absolute Gasteiger partial charge is 0.329 e. The Morgan fingerprint density at radius 1 is 1.48 bits per heavy atom. The summed E-state index contributed by atoms with van der Waals surface area (Å²) in [5, 5.41) is 22.3. The number of rotatable bonds is 5. The van der Waals surface area contributed by atoms with Crippen molar-refractivity contribution in [1.82, 2.24) is 5.32 Å². The lowest BCUT2D eigenvalue weighted by atomic mass is 9.95. The molecule has 1 aliphatic rings. The Hall–Kier alpha value is -2.51. The van der Waals surface area contributed by atoms with Crippen molar-refractivity contribution in [3.05, 3.63) is 39.7 Å². The van der Waals surface area contributed by atoms with Gasteiger partial charge in [-0.15, -0.1) is 0 Å². The second-order valence-electron chi connectivity index (χ2n) is 5.16. The largest absolute Gasteiger partial charge is 0.480 e. The van der Waals surface area contributed by atoms with E-state index in [1.807, 2.05) is 0 Å². The van der Waals surface area contributed by atoms with Gasteiger partial charge in [-0.05, 0) is 37.8 Å². The molecule has 1 amide bonds. The third-order valence-corrected chi connectivity index (χ3v) is 3.62. The minimum Gasteiger partial charge on any atom is -0.480 e. The van der Waals surface area contributed by atoms with Crippen molar-refractivity contribution >= 4 is 17.6 Å². The van der Waals surface area contributed by atoms with Crippen LogP contribution in [0.25, 0.3) is 0 Å². The molecule has 2 rings (SSSR count). The Morgan fingerprint density at radius 3 is 2.57 bits per heavy atom. The third-order valence-electron chi connectivity index (χ3n) is 3.62. The maximum Gasteiger partial charge on any atom is 0.329 e. The van der Waals surface area contributed by atoms with Gasteiger partial charge in [0.25, 0.3) is 5.91 Å². The summed E-state index contributed by atoms with van der Waals surface area (Å²) in [5.74, 6) is -3.18. The molecule has 0 heterocycles. The maximum atomic E-state index is 13.2. The molecule has 8 heteroatoms. The molecule has 1 aliphatic carbocycles. The number of hydrogen-bond donors (Lipinski definition) is 2. The molecule has 0 aliphatic heterocycles. The van der Waals surface area contributed by atoms with Crippen LogP contribution in [0, 0.1) is 21.8 Å². The van der Waals surface area contributed by atoms with Crippen LogP contribution in [0.1, 0.15) is 30.1 Å². The number of halogens is 1. The number of nitro benzene ring substituents is 1. The number of benzene rings is 1. The molecule has 21 heavy (non-hydrogen) atoms. The lowest BCUT2D eigenvalue weighted by molar-refractivity contribution is -0.387. The van der Waals surface area contributed by atoms with Gasteiger partial charge in [-0.1, -0.05) is 0 Å². The molecular weight excluding hydrogens is 283 g/mol. The van der Waals surface area contributed by atoms with Crippen LogP contribution in [0.2, 0.25) is 0 Å². The monoisotopic (exact) mass is 296 g/mol. The lowest BCUT2D eigenvalue weighted by Gasteiger charge is -2.26. The lowest BCUT2D eigenvalue weighted by Crippen LogP contribution is -2.54. The molecule has 1 aromatic carbocycles. The fraction of sp³-hybridized carbons (Fsp3) is 0.385. The van der Waals surface area contributed by atoms with E-state index in [0.29, 0.717) is 12.8 Å².